The van der Waals surface area contributed by atoms with Gasteiger partial charge in [-0.25, -0.2) is 0 Å². The molecule has 0 amide bonds. The minimum Gasteiger partial charge on any atom is -0.399 e. The molecule has 7 heteroatoms. The zero-order valence-electron chi connectivity index (χ0n) is 8.28. The molecule has 1 rings (SSSR count). The molecule has 0 bridgehead atoms. The third kappa shape index (κ3) is 2.63. The normalized spacial score (nSPS) is 14.4. The molecule has 2 atom stereocenters. The first kappa shape index (κ1) is 12.8. The number of aliphatic hydroxyl groups excluding tert-OH is 2. The van der Waals surface area contributed by atoms with E-state index in [9.17, 15) is 20.3 Å². The fraction of sp³-hybridized carbons (Fsp3) is 0.333. The van der Waals surface area contributed by atoms with E-state index in [1.54, 1.807) is 0 Å². The highest BCUT2D eigenvalue weighted by atomic mass is 32.1. The van der Waals surface area contributed by atoms with E-state index < -0.39 is 17.1 Å². The van der Waals surface area contributed by atoms with Crippen molar-refractivity contribution in [3.05, 3.63) is 33.9 Å². The minimum absolute atomic E-state index is 0.00268. The average molecular weight is 244 g/mol. The molecule has 6 nitrogen and oxygen atoms in total. The summed E-state index contributed by atoms with van der Waals surface area (Å²) >= 11 is 3.81. The van der Waals surface area contributed by atoms with E-state index in [2.05, 4.69) is 12.6 Å². The van der Waals surface area contributed by atoms with Crippen LogP contribution in [-0.4, -0.2) is 27.0 Å². The lowest BCUT2D eigenvalue weighted by molar-refractivity contribution is -0.386. The van der Waals surface area contributed by atoms with Gasteiger partial charge in [0.25, 0.3) is 5.69 Å². The molecular formula is C9H12N2O4S. The van der Waals surface area contributed by atoms with Gasteiger partial charge >= 0.3 is 0 Å². The molecule has 2 unspecified atom stereocenters. The van der Waals surface area contributed by atoms with E-state index in [1.807, 2.05) is 0 Å². The van der Waals surface area contributed by atoms with Crippen molar-refractivity contribution in [1.82, 2.24) is 0 Å². The maximum Gasteiger partial charge on any atom is 0.277 e. The molecule has 0 radical (unpaired) electrons. The highest BCUT2D eigenvalue weighted by Crippen LogP contribution is 2.29. The highest BCUT2D eigenvalue weighted by molar-refractivity contribution is 7.80. The molecule has 0 spiro atoms. The second-order valence-electron chi connectivity index (χ2n) is 3.27. The standard InChI is InChI=1S/C9H12N2O4S/c10-5-1-2-6(7(3-5)11(14)15)9(13)8(12)4-16/h1-3,8-9,12-13,16H,4,10H2. The zero-order chi connectivity index (χ0) is 12.3. The molecule has 1 aromatic carbocycles. The van der Waals surface area contributed by atoms with Gasteiger partial charge in [-0.15, -0.1) is 0 Å². The van der Waals surface area contributed by atoms with Crippen LogP contribution in [0.5, 0.6) is 0 Å². The van der Waals surface area contributed by atoms with E-state index in [4.69, 9.17) is 5.73 Å². The molecule has 1 aromatic rings. The molecule has 0 aliphatic carbocycles. The van der Waals surface area contributed by atoms with Crippen molar-refractivity contribution in [3.8, 4) is 0 Å². The van der Waals surface area contributed by atoms with Gasteiger partial charge < -0.3 is 15.9 Å². The Hall–Kier alpha value is -1.31. The number of anilines is 1. The number of benzene rings is 1. The number of hydrogen-bond acceptors (Lipinski definition) is 6. The summed E-state index contributed by atoms with van der Waals surface area (Å²) < 4.78 is 0. The lowest BCUT2D eigenvalue weighted by atomic mass is 10.0. The van der Waals surface area contributed by atoms with Crippen LogP contribution < -0.4 is 5.73 Å². The number of nitro groups is 1. The highest BCUT2D eigenvalue weighted by Gasteiger charge is 2.25. The van der Waals surface area contributed by atoms with Crippen LogP contribution in [0.25, 0.3) is 0 Å². The van der Waals surface area contributed by atoms with Gasteiger partial charge in [0.05, 0.1) is 16.6 Å². The van der Waals surface area contributed by atoms with E-state index in [0.29, 0.717) is 0 Å². The van der Waals surface area contributed by atoms with Crippen molar-refractivity contribution in [2.45, 2.75) is 12.2 Å². The quantitative estimate of drug-likeness (QED) is 0.267. The largest absolute Gasteiger partial charge is 0.399 e. The number of thiol groups is 1. The van der Waals surface area contributed by atoms with E-state index in [1.165, 1.54) is 12.1 Å². The van der Waals surface area contributed by atoms with Gasteiger partial charge in [0, 0.05) is 17.5 Å². The molecule has 4 N–H and O–H groups in total. The number of rotatable bonds is 4. The minimum atomic E-state index is -1.35. The Morgan fingerprint density at radius 1 is 1.50 bits per heavy atom. The summed E-state index contributed by atoms with van der Waals surface area (Å²) in [4.78, 5) is 10.1. The molecule has 0 heterocycles. The molecule has 0 aliphatic rings. The van der Waals surface area contributed by atoms with Gasteiger partial charge in [-0.1, -0.05) is 0 Å². The predicted octanol–water partition coefficient (Wildman–Crippen LogP) is 0.501. The first-order valence-electron chi connectivity index (χ1n) is 4.48. The van der Waals surface area contributed by atoms with Crippen LogP contribution in [0.4, 0.5) is 11.4 Å². The Morgan fingerprint density at radius 3 is 2.62 bits per heavy atom. The van der Waals surface area contributed by atoms with Gasteiger partial charge in [-0.3, -0.25) is 10.1 Å². The fourth-order valence-corrected chi connectivity index (χ4v) is 1.48. The number of nitrogens with two attached hydrogens (primary N) is 1. The summed E-state index contributed by atoms with van der Waals surface area (Å²) in [6, 6.07) is 3.89. The topological polar surface area (TPSA) is 110 Å². The lowest BCUT2D eigenvalue weighted by Crippen LogP contribution is -2.20. The first-order valence-corrected chi connectivity index (χ1v) is 5.11. The van der Waals surface area contributed by atoms with Crippen molar-refractivity contribution in [1.29, 1.82) is 0 Å². The van der Waals surface area contributed by atoms with Gasteiger partial charge in [0.15, 0.2) is 0 Å². The first-order chi connectivity index (χ1) is 7.47. The molecule has 0 saturated heterocycles. The van der Waals surface area contributed by atoms with Crippen LogP contribution in [0.2, 0.25) is 0 Å². The summed E-state index contributed by atoms with van der Waals surface area (Å²) in [6.45, 7) is 0. The smallest absolute Gasteiger partial charge is 0.277 e. The average Bonchev–Trinajstić information content (AvgIpc) is 2.26. The van der Waals surface area contributed by atoms with Crippen LogP contribution in [-0.2, 0) is 0 Å². The monoisotopic (exact) mass is 244 g/mol. The Labute approximate surface area is 97.3 Å². The maximum absolute atomic E-state index is 10.7. The number of nitrogens with zero attached hydrogens (tertiary/aromatic N) is 1. The van der Waals surface area contributed by atoms with E-state index in [-0.39, 0.29) is 22.7 Å². The molecule has 88 valence electrons. The van der Waals surface area contributed by atoms with Gasteiger partial charge in [0.2, 0.25) is 0 Å². The number of nitro benzene ring substituents is 1. The summed E-state index contributed by atoms with van der Waals surface area (Å²) in [7, 11) is 0. The second kappa shape index (κ2) is 5.15. The lowest BCUT2D eigenvalue weighted by Gasteiger charge is -2.16. The Morgan fingerprint density at radius 2 is 2.12 bits per heavy atom. The summed E-state index contributed by atoms with van der Waals surface area (Å²) in [5, 5.41) is 29.8. The van der Waals surface area contributed by atoms with Gasteiger partial charge in [-0.2, -0.15) is 12.6 Å². The summed E-state index contributed by atoms with van der Waals surface area (Å²) in [5.41, 5.74) is 5.35. The van der Waals surface area contributed by atoms with Crippen molar-refractivity contribution >= 4 is 24.0 Å². The maximum atomic E-state index is 10.7. The third-order valence-corrected chi connectivity index (χ3v) is 2.50. The fourth-order valence-electron chi connectivity index (χ4n) is 1.28. The number of nitrogen functional groups attached to an aromatic ring is 1. The van der Waals surface area contributed by atoms with Gasteiger partial charge in [0.1, 0.15) is 6.10 Å². The SMILES string of the molecule is Nc1ccc(C(O)C(O)CS)c([N+](=O)[O-])c1. The van der Waals surface area contributed by atoms with Crippen molar-refractivity contribution in [2.75, 3.05) is 11.5 Å². The third-order valence-electron chi connectivity index (χ3n) is 2.12. The predicted molar refractivity (Wildman–Crippen MR) is 62.3 cm³/mol. The van der Waals surface area contributed by atoms with E-state index >= 15 is 0 Å². The molecule has 0 fully saturated rings. The zero-order valence-corrected chi connectivity index (χ0v) is 9.17. The van der Waals surface area contributed by atoms with Crippen molar-refractivity contribution < 1.29 is 15.1 Å². The number of hydrogen-bond donors (Lipinski definition) is 4. The van der Waals surface area contributed by atoms with Crippen molar-refractivity contribution in [2.24, 2.45) is 0 Å². The van der Waals surface area contributed by atoms with Crippen LogP contribution in [0.15, 0.2) is 18.2 Å². The van der Waals surface area contributed by atoms with Crippen LogP contribution in [0, 0.1) is 10.1 Å². The summed E-state index contributed by atoms with van der Waals surface area (Å²) in [5.74, 6) is 0.00268. The Bertz CT molecular complexity index is 399. The molecule has 0 saturated carbocycles. The van der Waals surface area contributed by atoms with Crippen LogP contribution in [0.3, 0.4) is 0 Å². The molecule has 16 heavy (non-hydrogen) atoms. The molecule has 0 aliphatic heterocycles. The number of aliphatic hydroxyl groups is 2. The Balaban J connectivity index is 3.17. The van der Waals surface area contributed by atoms with Crippen LogP contribution in [0.1, 0.15) is 11.7 Å². The molecular weight excluding hydrogens is 232 g/mol. The van der Waals surface area contributed by atoms with Crippen molar-refractivity contribution in [3.63, 3.8) is 0 Å². The Kier molecular flexibility index (Phi) is 4.11. The van der Waals surface area contributed by atoms with Gasteiger partial charge in [-0.05, 0) is 12.1 Å². The summed E-state index contributed by atoms with van der Waals surface area (Å²) in [6.07, 6.45) is -2.51. The molecule has 0 aromatic heterocycles. The van der Waals surface area contributed by atoms with E-state index in [0.717, 1.165) is 6.07 Å². The second-order valence-corrected chi connectivity index (χ2v) is 3.64. The van der Waals surface area contributed by atoms with Crippen LogP contribution >= 0.6 is 12.6 Å².